The fourth-order valence-electron chi connectivity index (χ4n) is 3.00. The quantitative estimate of drug-likeness (QED) is 0.598. The predicted molar refractivity (Wildman–Crippen MR) is 109 cm³/mol. The largest absolute Gasteiger partial charge is 0.493 e. The third kappa shape index (κ3) is 7.07. The molecule has 1 aromatic carbocycles. The summed E-state index contributed by atoms with van der Waals surface area (Å²) in [6.45, 7) is 8.32. The first-order valence-electron chi connectivity index (χ1n) is 9.69. The van der Waals surface area contributed by atoms with Crippen LogP contribution >= 0.6 is 0 Å². The molecule has 0 aliphatic carbocycles. The number of hydrogen-bond donors (Lipinski definition) is 1. The van der Waals surface area contributed by atoms with Gasteiger partial charge in [0, 0.05) is 25.8 Å². The van der Waals surface area contributed by atoms with Gasteiger partial charge >= 0.3 is 0 Å². The van der Waals surface area contributed by atoms with Gasteiger partial charge in [-0.2, -0.15) is 0 Å². The van der Waals surface area contributed by atoms with Gasteiger partial charge in [0.1, 0.15) is 19.0 Å². The van der Waals surface area contributed by atoms with E-state index in [1.165, 1.54) is 0 Å². The van der Waals surface area contributed by atoms with Crippen LogP contribution in [0.5, 0.6) is 11.5 Å². The zero-order valence-electron chi connectivity index (χ0n) is 17.3. The van der Waals surface area contributed by atoms with Gasteiger partial charge in [0.15, 0.2) is 11.5 Å². The molecule has 0 saturated heterocycles. The first-order chi connectivity index (χ1) is 13.5. The molecule has 0 saturated carbocycles. The van der Waals surface area contributed by atoms with Gasteiger partial charge in [0.05, 0.1) is 12.8 Å². The van der Waals surface area contributed by atoms with Gasteiger partial charge in [0.25, 0.3) is 0 Å². The second-order valence-electron chi connectivity index (χ2n) is 6.81. The third-order valence-electron chi connectivity index (χ3n) is 4.55. The smallest absolute Gasteiger partial charge is 0.161 e. The molecule has 7 nitrogen and oxygen atoms in total. The molecule has 0 spiro atoms. The molecule has 0 amide bonds. The molecule has 154 valence electrons. The lowest BCUT2D eigenvalue weighted by atomic mass is 10.2. The SMILES string of the molecule is CCN(CC)C[C@H](O)COc1ccc(CN(C)Cc2ccncn2)cc1OC. The number of likely N-dealkylation sites (N-methyl/N-ethyl adjacent to an activating group) is 1. The minimum atomic E-state index is -0.539. The van der Waals surface area contributed by atoms with E-state index in [9.17, 15) is 5.11 Å². The normalized spacial score (nSPS) is 12.4. The molecule has 0 fully saturated rings. The Labute approximate surface area is 167 Å². The zero-order chi connectivity index (χ0) is 20.4. The van der Waals surface area contributed by atoms with Crippen molar-refractivity contribution in [2.45, 2.75) is 33.0 Å². The third-order valence-corrected chi connectivity index (χ3v) is 4.55. The number of nitrogens with zero attached hydrogens (tertiary/aromatic N) is 4. The summed E-state index contributed by atoms with van der Waals surface area (Å²) < 4.78 is 11.3. The minimum Gasteiger partial charge on any atom is -0.493 e. The van der Waals surface area contributed by atoms with Crippen molar-refractivity contribution >= 4 is 0 Å². The summed E-state index contributed by atoms with van der Waals surface area (Å²) in [5.74, 6) is 1.31. The monoisotopic (exact) mass is 388 g/mol. The summed E-state index contributed by atoms with van der Waals surface area (Å²) >= 11 is 0. The van der Waals surface area contributed by atoms with Gasteiger partial charge in [-0.05, 0) is 43.9 Å². The van der Waals surface area contributed by atoms with Crippen molar-refractivity contribution in [3.05, 3.63) is 48.0 Å². The highest BCUT2D eigenvalue weighted by Gasteiger charge is 2.13. The van der Waals surface area contributed by atoms with Crippen LogP contribution in [0.2, 0.25) is 0 Å². The fourth-order valence-corrected chi connectivity index (χ4v) is 3.00. The van der Waals surface area contributed by atoms with E-state index in [-0.39, 0.29) is 6.61 Å². The lowest BCUT2D eigenvalue weighted by Crippen LogP contribution is -2.35. The Morgan fingerprint density at radius 2 is 1.89 bits per heavy atom. The molecule has 2 aromatic rings. The van der Waals surface area contributed by atoms with E-state index in [4.69, 9.17) is 9.47 Å². The van der Waals surface area contributed by atoms with Gasteiger partial charge in [0.2, 0.25) is 0 Å². The molecule has 0 unspecified atom stereocenters. The number of rotatable bonds is 12. The summed E-state index contributed by atoms with van der Waals surface area (Å²) in [6.07, 6.45) is 2.77. The van der Waals surface area contributed by atoms with E-state index in [0.29, 0.717) is 18.0 Å². The molecule has 0 bridgehead atoms. The Morgan fingerprint density at radius 3 is 2.54 bits per heavy atom. The van der Waals surface area contributed by atoms with Gasteiger partial charge in [-0.1, -0.05) is 19.9 Å². The molecule has 0 aliphatic heterocycles. The van der Waals surface area contributed by atoms with Gasteiger partial charge < -0.3 is 19.5 Å². The van der Waals surface area contributed by atoms with Crippen LogP contribution < -0.4 is 9.47 Å². The summed E-state index contributed by atoms with van der Waals surface area (Å²) in [5, 5.41) is 10.2. The number of ether oxygens (including phenoxy) is 2. The molecule has 1 atom stereocenters. The van der Waals surface area contributed by atoms with E-state index in [0.717, 1.165) is 37.4 Å². The van der Waals surface area contributed by atoms with E-state index in [2.05, 4.69) is 33.6 Å². The van der Waals surface area contributed by atoms with E-state index in [1.807, 2.05) is 31.3 Å². The van der Waals surface area contributed by atoms with E-state index < -0.39 is 6.10 Å². The summed E-state index contributed by atoms with van der Waals surface area (Å²) in [5.41, 5.74) is 2.09. The van der Waals surface area contributed by atoms with Crippen LogP contribution in [-0.4, -0.2) is 71.4 Å². The second-order valence-corrected chi connectivity index (χ2v) is 6.81. The van der Waals surface area contributed by atoms with Crippen molar-refractivity contribution in [2.24, 2.45) is 0 Å². The molecular weight excluding hydrogens is 356 g/mol. The Bertz CT molecular complexity index is 695. The van der Waals surface area contributed by atoms with E-state index >= 15 is 0 Å². The van der Waals surface area contributed by atoms with Crippen molar-refractivity contribution in [3.8, 4) is 11.5 Å². The van der Waals surface area contributed by atoms with Crippen molar-refractivity contribution in [1.82, 2.24) is 19.8 Å². The lowest BCUT2D eigenvalue weighted by Gasteiger charge is -2.22. The first-order valence-corrected chi connectivity index (χ1v) is 9.69. The maximum absolute atomic E-state index is 10.2. The Hall–Kier alpha value is -2.22. The molecule has 0 aliphatic rings. The highest BCUT2D eigenvalue weighted by atomic mass is 16.5. The first kappa shape index (κ1) is 22.1. The molecule has 1 N–H and O–H groups in total. The number of methoxy groups -OCH3 is 1. The number of aliphatic hydroxyl groups excluding tert-OH is 1. The number of benzene rings is 1. The average Bonchev–Trinajstić information content (AvgIpc) is 2.71. The molecule has 7 heteroatoms. The molecule has 28 heavy (non-hydrogen) atoms. The number of hydrogen-bond acceptors (Lipinski definition) is 7. The Balaban J connectivity index is 1.92. The van der Waals surface area contributed by atoms with Gasteiger partial charge in [-0.25, -0.2) is 9.97 Å². The average molecular weight is 389 g/mol. The number of aliphatic hydroxyl groups is 1. The van der Waals surface area contributed by atoms with Crippen molar-refractivity contribution in [3.63, 3.8) is 0 Å². The summed E-state index contributed by atoms with van der Waals surface area (Å²) in [7, 11) is 3.67. The molecule has 1 heterocycles. The zero-order valence-corrected chi connectivity index (χ0v) is 17.3. The molecule has 1 aromatic heterocycles. The maximum Gasteiger partial charge on any atom is 0.161 e. The summed E-state index contributed by atoms with van der Waals surface area (Å²) in [4.78, 5) is 12.5. The minimum absolute atomic E-state index is 0.236. The van der Waals surface area contributed by atoms with Crippen molar-refractivity contribution in [2.75, 3.05) is 40.4 Å². The number of aromatic nitrogens is 2. The van der Waals surface area contributed by atoms with Crippen LogP contribution in [0.1, 0.15) is 25.1 Å². The Kier molecular flexibility index (Phi) is 9.13. The topological polar surface area (TPSA) is 71.0 Å². The van der Waals surface area contributed by atoms with Gasteiger partial charge in [-0.3, -0.25) is 4.90 Å². The van der Waals surface area contributed by atoms with Crippen LogP contribution in [0, 0.1) is 0 Å². The van der Waals surface area contributed by atoms with E-state index in [1.54, 1.807) is 19.6 Å². The highest BCUT2D eigenvalue weighted by molar-refractivity contribution is 5.43. The highest BCUT2D eigenvalue weighted by Crippen LogP contribution is 2.28. The fraction of sp³-hybridized carbons (Fsp3) is 0.524. The molecule has 0 radical (unpaired) electrons. The van der Waals surface area contributed by atoms with Crippen molar-refractivity contribution in [1.29, 1.82) is 0 Å². The lowest BCUT2D eigenvalue weighted by molar-refractivity contribution is 0.0705. The van der Waals surface area contributed by atoms with Crippen LogP contribution in [0.15, 0.2) is 36.8 Å². The second kappa shape index (κ2) is 11.6. The maximum atomic E-state index is 10.2. The van der Waals surface area contributed by atoms with Crippen LogP contribution in [0.25, 0.3) is 0 Å². The van der Waals surface area contributed by atoms with Crippen LogP contribution in [0.4, 0.5) is 0 Å². The van der Waals surface area contributed by atoms with Gasteiger partial charge in [-0.15, -0.1) is 0 Å². The standard InChI is InChI=1S/C21H32N4O3/c1-5-25(6-2)14-19(26)15-28-20-8-7-17(11-21(20)27-4)12-24(3)13-18-9-10-22-16-23-18/h7-11,16,19,26H,5-6,12-15H2,1-4H3/t19-/m0/s1. The summed E-state index contributed by atoms with van der Waals surface area (Å²) in [6, 6.07) is 7.81. The Morgan fingerprint density at radius 1 is 1.11 bits per heavy atom. The molecule has 2 rings (SSSR count). The van der Waals surface area contributed by atoms with Crippen LogP contribution in [-0.2, 0) is 13.1 Å². The van der Waals surface area contributed by atoms with Crippen molar-refractivity contribution < 1.29 is 14.6 Å². The predicted octanol–water partition coefficient (Wildman–Crippen LogP) is 2.20. The molecular formula is C21H32N4O3. The van der Waals surface area contributed by atoms with Crippen LogP contribution in [0.3, 0.4) is 0 Å².